The average Bonchev–Trinajstić information content (AvgIpc) is 3.20. The third-order valence-corrected chi connectivity index (χ3v) is 7.56. The third-order valence-electron chi connectivity index (χ3n) is 7.56. The molecule has 3 aromatic rings. The molecule has 0 saturated carbocycles. The fourth-order valence-electron chi connectivity index (χ4n) is 5.50. The van der Waals surface area contributed by atoms with Crippen LogP contribution in [0.4, 0.5) is 30.4 Å². The number of amides is 1. The number of anilines is 3. The summed E-state index contributed by atoms with van der Waals surface area (Å²) < 4.78 is 45.1. The maximum Gasteiger partial charge on any atom is 0.416 e. The van der Waals surface area contributed by atoms with Crippen molar-refractivity contribution in [1.29, 1.82) is 0 Å². The molecule has 1 amide bonds. The van der Waals surface area contributed by atoms with E-state index in [-0.39, 0.29) is 17.9 Å². The maximum atomic E-state index is 13.0. The van der Waals surface area contributed by atoms with Crippen molar-refractivity contribution in [2.75, 3.05) is 22.6 Å². The number of fused-ring (bicyclic) bond motifs is 2. The van der Waals surface area contributed by atoms with Gasteiger partial charge in [-0.25, -0.2) is 4.98 Å². The zero-order chi connectivity index (χ0) is 27.4. The molecule has 2 N–H and O–H groups in total. The third kappa shape index (κ3) is 4.49. The number of nitrogens with one attached hydrogen (secondary N) is 2. The lowest BCUT2D eigenvalue weighted by Gasteiger charge is -2.38. The number of aromatic nitrogens is 1. The minimum atomic E-state index is -4.37. The second-order valence-corrected chi connectivity index (χ2v) is 10.5. The van der Waals surface area contributed by atoms with Crippen molar-refractivity contribution in [3.8, 4) is 0 Å². The first-order chi connectivity index (χ1) is 17.9. The van der Waals surface area contributed by atoms with Crippen LogP contribution in [0.3, 0.4) is 0 Å². The van der Waals surface area contributed by atoms with E-state index in [2.05, 4.69) is 21.7 Å². The first-order valence-electron chi connectivity index (χ1n) is 12.6. The van der Waals surface area contributed by atoms with E-state index in [1.54, 1.807) is 0 Å². The van der Waals surface area contributed by atoms with Gasteiger partial charge in [0.25, 0.3) is 0 Å². The van der Waals surface area contributed by atoms with Gasteiger partial charge in [0, 0.05) is 19.7 Å². The number of rotatable bonds is 5. The smallest absolute Gasteiger partial charge is 0.366 e. The van der Waals surface area contributed by atoms with Crippen molar-refractivity contribution < 1.29 is 22.7 Å². The van der Waals surface area contributed by atoms with Gasteiger partial charge in [-0.2, -0.15) is 13.2 Å². The summed E-state index contributed by atoms with van der Waals surface area (Å²) in [5.74, 6) is 0.835. The number of likely N-dealkylation sites (N-methyl/N-ethyl adjacent to an activating group) is 1. The summed E-state index contributed by atoms with van der Waals surface area (Å²) in [6, 6.07) is 12.9. The van der Waals surface area contributed by atoms with Gasteiger partial charge in [-0.15, -0.1) is 0 Å². The van der Waals surface area contributed by atoms with Crippen LogP contribution in [0.1, 0.15) is 54.3 Å². The Morgan fingerprint density at radius 3 is 2.55 bits per heavy atom. The molecule has 0 bridgehead atoms. The molecule has 2 aromatic carbocycles. The molecular weight excluding hydrogens is 493 g/mol. The van der Waals surface area contributed by atoms with Crippen molar-refractivity contribution in [3.63, 3.8) is 0 Å². The van der Waals surface area contributed by atoms with Crippen LogP contribution in [-0.4, -0.2) is 24.0 Å². The molecule has 2 aliphatic rings. The lowest BCUT2D eigenvalue weighted by molar-refractivity contribution is -0.137. The molecule has 0 fully saturated rings. The quantitative estimate of drug-likeness (QED) is 0.414. The minimum Gasteiger partial charge on any atom is -0.366 e. The van der Waals surface area contributed by atoms with Crippen LogP contribution in [0.2, 0.25) is 0 Å². The second kappa shape index (κ2) is 9.31. The van der Waals surface area contributed by atoms with Crippen molar-refractivity contribution in [3.05, 3.63) is 82.0 Å². The van der Waals surface area contributed by atoms with Crippen LogP contribution in [0, 0.1) is 12.8 Å². The Bertz CT molecular complexity index is 1390. The molecule has 38 heavy (non-hydrogen) atoms. The summed E-state index contributed by atoms with van der Waals surface area (Å²) in [7, 11) is 1.93. The number of nitrogens with zero attached hydrogens (tertiary/aromatic N) is 2. The number of halogens is 3. The summed E-state index contributed by atoms with van der Waals surface area (Å²) in [5.41, 5.74) is 4.56. The number of pyridine rings is 1. The number of hydrogen-bond donors (Lipinski definition) is 2. The van der Waals surface area contributed by atoms with Gasteiger partial charge >= 0.3 is 6.18 Å². The summed E-state index contributed by atoms with van der Waals surface area (Å²) in [4.78, 5) is 19.2. The highest BCUT2D eigenvalue weighted by molar-refractivity contribution is 6.04. The average molecular weight is 525 g/mol. The number of benzene rings is 2. The molecular formula is C29H31F3N4O2. The molecule has 9 heteroatoms. The van der Waals surface area contributed by atoms with E-state index >= 15 is 0 Å². The van der Waals surface area contributed by atoms with Crippen LogP contribution < -0.4 is 15.5 Å². The Balaban J connectivity index is 1.34. The van der Waals surface area contributed by atoms with Gasteiger partial charge < -0.3 is 20.3 Å². The normalized spacial score (nSPS) is 20.8. The van der Waals surface area contributed by atoms with Crippen LogP contribution in [-0.2, 0) is 34.5 Å². The first-order valence-corrected chi connectivity index (χ1v) is 12.6. The molecule has 2 atom stereocenters. The van der Waals surface area contributed by atoms with E-state index in [1.807, 2.05) is 57.8 Å². The van der Waals surface area contributed by atoms with Crippen molar-refractivity contribution in [1.82, 2.24) is 4.98 Å². The van der Waals surface area contributed by atoms with E-state index in [0.29, 0.717) is 24.5 Å². The Labute approximate surface area is 220 Å². The number of aryl methyl sites for hydroxylation is 1. The zero-order valence-corrected chi connectivity index (χ0v) is 22.0. The molecule has 200 valence electrons. The summed E-state index contributed by atoms with van der Waals surface area (Å²) in [6.45, 7) is 8.72. The molecule has 0 saturated heterocycles. The highest BCUT2D eigenvalue weighted by Crippen LogP contribution is 2.43. The van der Waals surface area contributed by atoms with E-state index < -0.39 is 17.3 Å². The van der Waals surface area contributed by atoms with E-state index in [0.717, 1.165) is 45.9 Å². The van der Waals surface area contributed by atoms with Gasteiger partial charge in [-0.1, -0.05) is 44.2 Å². The molecule has 5 rings (SSSR count). The van der Waals surface area contributed by atoms with E-state index in [4.69, 9.17) is 4.74 Å². The van der Waals surface area contributed by atoms with Crippen molar-refractivity contribution in [2.24, 2.45) is 5.92 Å². The van der Waals surface area contributed by atoms with E-state index in [9.17, 15) is 18.0 Å². The topological polar surface area (TPSA) is 66.5 Å². The number of carbonyl (C=O) groups excluding carboxylic acids is 1. The van der Waals surface area contributed by atoms with E-state index in [1.165, 1.54) is 12.1 Å². The number of carbonyl (C=O) groups is 1. The standard InChI is InChI=1S/C29H31F3N4O2/c1-16(2)26-27(37)35-25-17(3)34-24(13-23(25)36(26)5)33-14-18-6-11-22-19(12-18)15-38-28(22,4)20-7-9-21(10-8-20)29(30,31)32/h6-13,16,26H,14-15H2,1-5H3,(H,33,34)(H,35,37)/t26-,28-/m0/s1. The second-order valence-electron chi connectivity index (χ2n) is 10.5. The first kappa shape index (κ1) is 26.0. The fraction of sp³-hybridized carbons (Fsp3) is 0.379. The SMILES string of the molecule is Cc1nc(NCc2ccc3c(c2)CO[C@@]3(C)c2ccc(C(F)(F)F)cc2)cc2c1NC(=O)[C@H](C(C)C)N2C. The molecule has 6 nitrogen and oxygen atoms in total. The molecule has 0 radical (unpaired) electrons. The fourth-order valence-corrected chi connectivity index (χ4v) is 5.50. The van der Waals surface area contributed by atoms with Crippen molar-refractivity contribution >= 4 is 23.1 Å². The molecule has 3 heterocycles. The summed E-state index contributed by atoms with van der Waals surface area (Å²) >= 11 is 0. The van der Waals surface area contributed by atoms with Crippen LogP contribution >= 0.6 is 0 Å². The van der Waals surface area contributed by atoms with Gasteiger partial charge in [0.1, 0.15) is 17.5 Å². The van der Waals surface area contributed by atoms with Gasteiger partial charge in [0.05, 0.1) is 29.2 Å². The van der Waals surface area contributed by atoms with Crippen molar-refractivity contribution in [2.45, 2.75) is 58.7 Å². The predicted molar refractivity (Wildman–Crippen MR) is 141 cm³/mol. The lowest BCUT2D eigenvalue weighted by atomic mass is 9.86. The molecule has 1 aromatic heterocycles. The minimum absolute atomic E-state index is 0.0238. The largest absolute Gasteiger partial charge is 0.416 e. The summed E-state index contributed by atoms with van der Waals surface area (Å²) in [6.07, 6.45) is -4.37. The zero-order valence-electron chi connectivity index (χ0n) is 22.0. The Morgan fingerprint density at radius 1 is 1.18 bits per heavy atom. The molecule has 0 aliphatic carbocycles. The molecule has 2 aliphatic heterocycles. The highest BCUT2D eigenvalue weighted by atomic mass is 19.4. The van der Waals surface area contributed by atoms with Gasteiger partial charge in [-0.3, -0.25) is 4.79 Å². The Kier molecular flexibility index (Phi) is 6.38. The molecule has 0 spiro atoms. The van der Waals surface area contributed by atoms with Crippen LogP contribution in [0.25, 0.3) is 0 Å². The highest BCUT2D eigenvalue weighted by Gasteiger charge is 2.38. The maximum absolute atomic E-state index is 13.0. The van der Waals surface area contributed by atoms with Gasteiger partial charge in [0.15, 0.2) is 0 Å². The monoisotopic (exact) mass is 524 g/mol. The molecule has 0 unspecified atom stereocenters. The number of alkyl halides is 3. The number of ether oxygens (including phenoxy) is 1. The predicted octanol–water partition coefficient (Wildman–Crippen LogP) is 6.23. The lowest BCUT2D eigenvalue weighted by Crippen LogP contribution is -2.49. The van der Waals surface area contributed by atoms with Gasteiger partial charge in [0.2, 0.25) is 5.91 Å². The van der Waals surface area contributed by atoms with Gasteiger partial charge in [-0.05, 0) is 54.2 Å². The Hall–Kier alpha value is -3.59. The Morgan fingerprint density at radius 2 is 1.89 bits per heavy atom. The van der Waals surface area contributed by atoms with Crippen LogP contribution in [0.5, 0.6) is 0 Å². The summed E-state index contributed by atoms with van der Waals surface area (Å²) in [5, 5.41) is 6.40. The van der Waals surface area contributed by atoms with Crippen LogP contribution in [0.15, 0.2) is 48.5 Å². The number of hydrogen-bond acceptors (Lipinski definition) is 5.